The lowest BCUT2D eigenvalue weighted by molar-refractivity contribution is 0.102. The molecule has 1 amide bonds. The Bertz CT molecular complexity index is 876. The molecule has 118 valence electrons. The number of nitrogens with one attached hydrogen (secondary N) is 1. The summed E-state index contributed by atoms with van der Waals surface area (Å²) in [6.07, 6.45) is 1.66. The summed E-state index contributed by atoms with van der Waals surface area (Å²) in [5.74, 6) is 0.365. The van der Waals surface area contributed by atoms with Gasteiger partial charge in [-0.05, 0) is 24.3 Å². The Labute approximate surface area is 134 Å². The highest BCUT2D eigenvalue weighted by Gasteiger charge is 2.20. The Morgan fingerprint density at radius 3 is 2.70 bits per heavy atom. The van der Waals surface area contributed by atoms with E-state index in [-0.39, 0.29) is 11.3 Å². The first-order valence-corrected chi connectivity index (χ1v) is 7.42. The molecule has 0 atom stereocenters. The molecule has 3 rings (SSSR count). The fourth-order valence-electron chi connectivity index (χ4n) is 2.21. The average Bonchev–Trinajstić information content (AvgIpc) is 2.88. The molecule has 0 saturated heterocycles. The van der Waals surface area contributed by atoms with E-state index in [1.165, 1.54) is 0 Å². The molecule has 0 aliphatic heterocycles. The zero-order valence-electron chi connectivity index (χ0n) is 13.7. The Morgan fingerprint density at radius 1 is 1.22 bits per heavy atom. The van der Waals surface area contributed by atoms with E-state index in [4.69, 9.17) is 0 Å². The Hall–Kier alpha value is -2.76. The molecule has 23 heavy (non-hydrogen) atoms. The van der Waals surface area contributed by atoms with E-state index in [1.54, 1.807) is 24.0 Å². The number of hydrogen-bond donors (Lipinski definition) is 1. The number of anilines is 1. The Kier molecular flexibility index (Phi) is 3.60. The van der Waals surface area contributed by atoms with Gasteiger partial charge in [-0.1, -0.05) is 20.8 Å². The van der Waals surface area contributed by atoms with Crippen LogP contribution in [0.4, 0.5) is 5.82 Å². The van der Waals surface area contributed by atoms with Gasteiger partial charge in [0.15, 0.2) is 5.65 Å². The van der Waals surface area contributed by atoms with E-state index in [2.05, 4.69) is 41.2 Å². The van der Waals surface area contributed by atoms with Crippen molar-refractivity contribution in [3.8, 4) is 0 Å². The maximum Gasteiger partial charge on any atom is 0.275 e. The lowest BCUT2D eigenvalue weighted by Gasteiger charge is -2.13. The number of carbonyl (C=O) groups is 1. The van der Waals surface area contributed by atoms with Gasteiger partial charge in [-0.25, -0.2) is 9.97 Å². The molecular formula is C17H19N5O. The van der Waals surface area contributed by atoms with Crippen molar-refractivity contribution in [2.45, 2.75) is 26.2 Å². The second-order valence-electron chi connectivity index (χ2n) is 6.49. The predicted octanol–water partition coefficient (Wildman–Crippen LogP) is 2.91. The summed E-state index contributed by atoms with van der Waals surface area (Å²) in [5.41, 5.74) is 1.73. The number of rotatable bonds is 2. The van der Waals surface area contributed by atoms with Gasteiger partial charge in [-0.2, -0.15) is 5.10 Å². The predicted molar refractivity (Wildman–Crippen MR) is 89.4 cm³/mol. The van der Waals surface area contributed by atoms with Crippen molar-refractivity contribution in [3.05, 3.63) is 47.9 Å². The fraction of sp³-hybridized carbons (Fsp3) is 0.294. The van der Waals surface area contributed by atoms with Gasteiger partial charge >= 0.3 is 0 Å². The van der Waals surface area contributed by atoms with Crippen LogP contribution in [0.1, 0.15) is 37.0 Å². The van der Waals surface area contributed by atoms with E-state index in [0.717, 1.165) is 11.1 Å². The molecule has 0 saturated carbocycles. The first kappa shape index (κ1) is 15.1. The number of pyridine rings is 2. The summed E-state index contributed by atoms with van der Waals surface area (Å²) in [7, 11) is 1.81. The molecule has 0 spiro atoms. The fourth-order valence-corrected chi connectivity index (χ4v) is 2.21. The summed E-state index contributed by atoms with van der Waals surface area (Å²) in [6, 6.07) is 9.17. The third kappa shape index (κ3) is 3.06. The van der Waals surface area contributed by atoms with Crippen LogP contribution in [0.15, 0.2) is 36.5 Å². The smallest absolute Gasteiger partial charge is 0.275 e. The number of carbonyl (C=O) groups excluding carboxylic acids is 1. The van der Waals surface area contributed by atoms with Gasteiger partial charge < -0.3 is 5.32 Å². The van der Waals surface area contributed by atoms with Crippen LogP contribution >= 0.6 is 0 Å². The maximum absolute atomic E-state index is 12.4. The third-order valence-corrected chi connectivity index (χ3v) is 3.59. The molecule has 3 aromatic rings. The molecule has 6 nitrogen and oxygen atoms in total. The monoisotopic (exact) mass is 309 g/mol. The van der Waals surface area contributed by atoms with E-state index in [1.807, 2.05) is 24.3 Å². The topological polar surface area (TPSA) is 72.7 Å². The van der Waals surface area contributed by atoms with Gasteiger partial charge in [0, 0.05) is 30.1 Å². The summed E-state index contributed by atoms with van der Waals surface area (Å²) in [6.45, 7) is 6.24. The first-order chi connectivity index (χ1) is 10.8. The van der Waals surface area contributed by atoms with Crippen LogP contribution < -0.4 is 5.32 Å². The molecule has 3 heterocycles. The van der Waals surface area contributed by atoms with Crippen LogP contribution in [0.2, 0.25) is 0 Å². The van der Waals surface area contributed by atoms with Crippen LogP contribution in [0.3, 0.4) is 0 Å². The molecule has 0 fully saturated rings. The molecule has 0 aliphatic rings. The van der Waals surface area contributed by atoms with Crippen LogP contribution in [0.5, 0.6) is 0 Å². The molecule has 0 radical (unpaired) electrons. The molecule has 1 N–H and O–H groups in total. The van der Waals surface area contributed by atoms with Gasteiger partial charge in [0.25, 0.3) is 5.91 Å². The zero-order chi connectivity index (χ0) is 16.6. The minimum absolute atomic E-state index is 0.0775. The maximum atomic E-state index is 12.4. The molecule has 0 aliphatic carbocycles. The second-order valence-corrected chi connectivity index (χ2v) is 6.49. The molecule has 0 aromatic carbocycles. The van der Waals surface area contributed by atoms with Gasteiger partial charge in [-0.15, -0.1) is 0 Å². The van der Waals surface area contributed by atoms with Crippen molar-refractivity contribution in [3.63, 3.8) is 0 Å². The standard InChI is InChI=1S/C17H19N5O/c1-17(2,3)13-10-14(22(4)21-13)20-16(23)12-8-7-11-6-5-9-18-15(11)19-12/h5-10H,1-4H3,(H,20,23). The van der Waals surface area contributed by atoms with Crippen LogP contribution in [-0.2, 0) is 12.5 Å². The number of hydrogen-bond acceptors (Lipinski definition) is 4. The SMILES string of the molecule is Cn1nc(C(C)(C)C)cc1NC(=O)c1ccc2cccnc2n1. The van der Waals surface area contributed by atoms with E-state index >= 15 is 0 Å². The highest BCUT2D eigenvalue weighted by Crippen LogP contribution is 2.23. The number of fused-ring (bicyclic) bond motifs is 1. The Morgan fingerprint density at radius 2 is 2.00 bits per heavy atom. The van der Waals surface area contributed by atoms with E-state index in [9.17, 15) is 4.79 Å². The minimum Gasteiger partial charge on any atom is -0.305 e. The number of nitrogens with zero attached hydrogens (tertiary/aromatic N) is 4. The van der Waals surface area contributed by atoms with Crippen molar-refractivity contribution >= 4 is 22.8 Å². The van der Waals surface area contributed by atoms with Crippen LogP contribution in [-0.4, -0.2) is 25.7 Å². The third-order valence-electron chi connectivity index (χ3n) is 3.59. The van der Waals surface area contributed by atoms with E-state index in [0.29, 0.717) is 17.2 Å². The van der Waals surface area contributed by atoms with Crippen molar-refractivity contribution in [1.82, 2.24) is 19.7 Å². The average molecular weight is 309 g/mol. The lowest BCUT2D eigenvalue weighted by atomic mass is 9.92. The molecular weight excluding hydrogens is 290 g/mol. The van der Waals surface area contributed by atoms with Crippen LogP contribution in [0, 0.1) is 0 Å². The van der Waals surface area contributed by atoms with Crippen molar-refractivity contribution in [1.29, 1.82) is 0 Å². The highest BCUT2D eigenvalue weighted by atomic mass is 16.2. The molecule has 0 bridgehead atoms. The second kappa shape index (κ2) is 5.46. The van der Waals surface area contributed by atoms with Gasteiger partial charge in [0.2, 0.25) is 0 Å². The number of aryl methyl sites for hydroxylation is 1. The molecule has 3 aromatic heterocycles. The quantitative estimate of drug-likeness (QED) is 0.790. The first-order valence-electron chi connectivity index (χ1n) is 7.42. The summed E-state index contributed by atoms with van der Waals surface area (Å²) >= 11 is 0. The van der Waals surface area contributed by atoms with Gasteiger partial charge in [-0.3, -0.25) is 9.48 Å². The van der Waals surface area contributed by atoms with E-state index < -0.39 is 0 Å². The largest absolute Gasteiger partial charge is 0.305 e. The number of aromatic nitrogens is 4. The van der Waals surface area contributed by atoms with Gasteiger partial charge in [0.1, 0.15) is 11.5 Å². The zero-order valence-corrected chi connectivity index (χ0v) is 13.7. The minimum atomic E-state index is -0.277. The Balaban J connectivity index is 1.87. The van der Waals surface area contributed by atoms with Crippen molar-refractivity contribution in [2.24, 2.45) is 7.05 Å². The summed E-state index contributed by atoms with van der Waals surface area (Å²) in [4.78, 5) is 20.9. The normalized spacial score (nSPS) is 11.7. The van der Waals surface area contributed by atoms with Crippen molar-refractivity contribution in [2.75, 3.05) is 5.32 Å². The summed E-state index contributed by atoms with van der Waals surface area (Å²) in [5, 5.41) is 8.21. The molecule has 0 unspecified atom stereocenters. The highest BCUT2D eigenvalue weighted by molar-refractivity contribution is 6.03. The lowest BCUT2D eigenvalue weighted by Crippen LogP contribution is -2.16. The van der Waals surface area contributed by atoms with Crippen LogP contribution in [0.25, 0.3) is 11.0 Å². The molecule has 6 heteroatoms. The summed E-state index contributed by atoms with van der Waals surface area (Å²) < 4.78 is 1.66. The number of amides is 1. The van der Waals surface area contributed by atoms with Gasteiger partial charge in [0.05, 0.1) is 5.69 Å². The van der Waals surface area contributed by atoms with Crippen molar-refractivity contribution < 1.29 is 4.79 Å².